The zero-order valence-electron chi connectivity index (χ0n) is 16.7. The number of ether oxygens (including phenoxy) is 1. The Hall–Kier alpha value is -2.41. The second-order valence-corrected chi connectivity index (χ2v) is 8.84. The molecule has 0 saturated carbocycles. The number of H-pyrrole nitrogens is 1. The summed E-state index contributed by atoms with van der Waals surface area (Å²) in [6, 6.07) is 5.64. The van der Waals surface area contributed by atoms with E-state index in [2.05, 4.69) is 9.97 Å². The van der Waals surface area contributed by atoms with E-state index in [9.17, 15) is 9.59 Å². The molecule has 4 heterocycles. The number of nitrogens with one attached hydrogen (secondary N) is 1. The molecule has 29 heavy (non-hydrogen) atoms. The van der Waals surface area contributed by atoms with E-state index in [1.807, 2.05) is 28.0 Å². The van der Waals surface area contributed by atoms with Crippen LogP contribution in [0.4, 0.5) is 0 Å². The van der Waals surface area contributed by atoms with Gasteiger partial charge in [0.2, 0.25) is 5.91 Å². The van der Waals surface area contributed by atoms with Crippen molar-refractivity contribution in [2.45, 2.75) is 44.6 Å². The fourth-order valence-electron chi connectivity index (χ4n) is 5.15. The van der Waals surface area contributed by atoms with Gasteiger partial charge in [-0.05, 0) is 55.7 Å². The summed E-state index contributed by atoms with van der Waals surface area (Å²) in [5.74, 6) is 0.344. The van der Waals surface area contributed by atoms with Gasteiger partial charge in [-0.15, -0.1) is 0 Å². The van der Waals surface area contributed by atoms with Crippen LogP contribution in [0.2, 0.25) is 0 Å². The summed E-state index contributed by atoms with van der Waals surface area (Å²) in [7, 11) is 0. The van der Waals surface area contributed by atoms with Crippen molar-refractivity contribution in [2.75, 3.05) is 32.8 Å². The van der Waals surface area contributed by atoms with Gasteiger partial charge in [-0.2, -0.15) is 0 Å². The third-order valence-electron chi connectivity index (χ3n) is 6.97. The summed E-state index contributed by atoms with van der Waals surface area (Å²) in [4.78, 5) is 36.7. The second kappa shape index (κ2) is 7.44. The van der Waals surface area contributed by atoms with Gasteiger partial charge < -0.3 is 19.5 Å². The largest absolute Gasteiger partial charge is 0.376 e. The van der Waals surface area contributed by atoms with E-state index < -0.39 is 0 Å². The van der Waals surface area contributed by atoms with Gasteiger partial charge in [0.1, 0.15) is 0 Å². The summed E-state index contributed by atoms with van der Waals surface area (Å²) < 4.78 is 5.75. The van der Waals surface area contributed by atoms with Gasteiger partial charge in [0.25, 0.3) is 5.91 Å². The van der Waals surface area contributed by atoms with E-state index in [-0.39, 0.29) is 23.3 Å². The minimum atomic E-state index is 0.0828. The van der Waals surface area contributed by atoms with Crippen LogP contribution < -0.4 is 0 Å². The van der Waals surface area contributed by atoms with Crippen molar-refractivity contribution in [1.29, 1.82) is 0 Å². The molecule has 7 nitrogen and oxygen atoms in total. The fourth-order valence-corrected chi connectivity index (χ4v) is 5.15. The molecule has 0 aliphatic carbocycles. The van der Waals surface area contributed by atoms with Gasteiger partial charge in [0.15, 0.2) is 0 Å². The Kier molecular flexibility index (Phi) is 4.78. The topological polar surface area (TPSA) is 78.5 Å². The third kappa shape index (κ3) is 3.64. The van der Waals surface area contributed by atoms with Crippen molar-refractivity contribution >= 4 is 22.8 Å². The first kappa shape index (κ1) is 18.6. The van der Waals surface area contributed by atoms with E-state index in [0.717, 1.165) is 75.9 Å². The molecule has 1 spiro atoms. The Bertz CT molecular complexity index is 910. The molecular formula is C22H28N4O3. The van der Waals surface area contributed by atoms with E-state index in [1.165, 1.54) is 0 Å². The number of imidazole rings is 1. The number of nitrogens with zero attached hydrogens (tertiary/aromatic N) is 3. The van der Waals surface area contributed by atoms with Gasteiger partial charge in [-0.3, -0.25) is 9.59 Å². The van der Waals surface area contributed by atoms with E-state index >= 15 is 0 Å². The molecule has 0 unspecified atom stereocenters. The maximum Gasteiger partial charge on any atom is 0.253 e. The molecule has 3 aliphatic heterocycles. The van der Waals surface area contributed by atoms with Crippen LogP contribution in [-0.4, -0.2) is 70.5 Å². The zero-order chi connectivity index (χ0) is 19.8. The number of aromatic nitrogens is 2. The number of carbonyl (C=O) groups excluding carboxylic acids is 2. The van der Waals surface area contributed by atoms with Crippen LogP contribution in [0.25, 0.3) is 11.0 Å². The highest BCUT2D eigenvalue weighted by Gasteiger charge is 2.42. The lowest BCUT2D eigenvalue weighted by molar-refractivity contribution is -0.141. The van der Waals surface area contributed by atoms with Gasteiger partial charge in [0, 0.05) is 44.8 Å². The summed E-state index contributed by atoms with van der Waals surface area (Å²) >= 11 is 0. The Balaban J connectivity index is 1.23. The number of fused-ring (bicyclic) bond motifs is 1. The minimum absolute atomic E-state index is 0.0828. The van der Waals surface area contributed by atoms with E-state index in [4.69, 9.17) is 4.74 Å². The first-order valence-electron chi connectivity index (χ1n) is 10.7. The predicted molar refractivity (Wildman–Crippen MR) is 108 cm³/mol. The highest BCUT2D eigenvalue weighted by molar-refractivity contribution is 5.97. The highest BCUT2D eigenvalue weighted by Crippen LogP contribution is 2.40. The number of likely N-dealkylation sites (tertiary alicyclic amines) is 2. The molecule has 3 saturated heterocycles. The molecule has 2 aromatic rings. The average Bonchev–Trinajstić information content (AvgIpc) is 3.42. The molecule has 1 N–H and O–H groups in total. The SMILES string of the molecule is O=C1CCC2(CCN(C(=O)c3ccc4nc[nH]c4c3)CC2)CN1C[C@@H]1CCCO1. The van der Waals surface area contributed by atoms with Crippen molar-refractivity contribution in [1.82, 2.24) is 19.8 Å². The number of amides is 2. The van der Waals surface area contributed by atoms with Crippen LogP contribution in [0.5, 0.6) is 0 Å². The maximum absolute atomic E-state index is 13.0. The second-order valence-electron chi connectivity index (χ2n) is 8.84. The third-order valence-corrected chi connectivity index (χ3v) is 6.97. The number of piperidine rings is 2. The summed E-state index contributed by atoms with van der Waals surface area (Å²) in [6.45, 7) is 3.87. The summed E-state index contributed by atoms with van der Waals surface area (Å²) in [5.41, 5.74) is 2.62. The molecule has 0 radical (unpaired) electrons. The molecule has 1 aromatic carbocycles. The minimum Gasteiger partial charge on any atom is -0.376 e. The number of hydrogen-bond donors (Lipinski definition) is 1. The number of rotatable bonds is 3. The Morgan fingerprint density at radius 3 is 2.93 bits per heavy atom. The molecule has 2 amide bonds. The van der Waals surface area contributed by atoms with Gasteiger partial charge >= 0.3 is 0 Å². The molecule has 7 heteroatoms. The molecule has 5 rings (SSSR count). The molecule has 3 aliphatic rings. The monoisotopic (exact) mass is 396 g/mol. The standard InChI is InChI=1S/C22H28N4O3/c27-20-5-6-22(14-26(20)13-17-2-1-11-29-17)7-9-25(10-8-22)21(28)16-3-4-18-19(12-16)24-15-23-18/h3-4,12,15,17H,1-2,5-11,13-14H2,(H,23,24)/t17-/m0/s1. The number of aromatic amines is 1. The van der Waals surface area contributed by atoms with Crippen LogP contribution in [0.15, 0.2) is 24.5 Å². The van der Waals surface area contributed by atoms with Gasteiger partial charge in [-0.25, -0.2) is 4.98 Å². The molecule has 1 atom stereocenters. The first-order chi connectivity index (χ1) is 14.1. The van der Waals surface area contributed by atoms with E-state index in [0.29, 0.717) is 12.0 Å². The number of hydrogen-bond acceptors (Lipinski definition) is 4. The lowest BCUT2D eigenvalue weighted by atomic mass is 9.72. The lowest BCUT2D eigenvalue weighted by Gasteiger charge is -2.47. The van der Waals surface area contributed by atoms with E-state index in [1.54, 1.807) is 6.33 Å². The van der Waals surface area contributed by atoms with Crippen molar-refractivity contribution in [3.05, 3.63) is 30.1 Å². The Morgan fingerprint density at radius 2 is 2.14 bits per heavy atom. The maximum atomic E-state index is 13.0. The molecule has 0 bridgehead atoms. The van der Waals surface area contributed by atoms with Crippen molar-refractivity contribution < 1.29 is 14.3 Å². The average molecular weight is 396 g/mol. The lowest BCUT2D eigenvalue weighted by Crippen LogP contribution is -2.53. The van der Waals surface area contributed by atoms with Crippen LogP contribution in [0, 0.1) is 5.41 Å². The smallest absolute Gasteiger partial charge is 0.253 e. The number of carbonyl (C=O) groups is 2. The molecule has 154 valence electrons. The molecular weight excluding hydrogens is 368 g/mol. The number of benzene rings is 1. The van der Waals surface area contributed by atoms with Crippen molar-refractivity contribution in [3.63, 3.8) is 0 Å². The Morgan fingerprint density at radius 1 is 1.28 bits per heavy atom. The van der Waals surface area contributed by atoms with Gasteiger partial charge in [0.05, 0.1) is 23.5 Å². The molecule has 3 fully saturated rings. The van der Waals surface area contributed by atoms with Crippen LogP contribution in [0.3, 0.4) is 0 Å². The summed E-state index contributed by atoms with van der Waals surface area (Å²) in [6.07, 6.45) is 7.48. The Labute approximate surface area is 170 Å². The van der Waals surface area contributed by atoms with Gasteiger partial charge in [-0.1, -0.05) is 0 Å². The predicted octanol–water partition coefficient (Wildman–Crippen LogP) is 2.59. The normalized spacial score (nSPS) is 24.6. The highest BCUT2D eigenvalue weighted by atomic mass is 16.5. The fraction of sp³-hybridized carbons (Fsp3) is 0.591. The summed E-state index contributed by atoms with van der Waals surface area (Å²) in [5, 5.41) is 0. The van der Waals surface area contributed by atoms with Crippen molar-refractivity contribution in [2.24, 2.45) is 5.41 Å². The quantitative estimate of drug-likeness (QED) is 0.865. The first-order valence-corrected chi connectivity index (χ1v) is 10.7. The van der Waals surface area contributed by atoms with Crippen LogP contribution in [0.1, 0.15) is 48.9 Å². The van der Waals surface area contributed by atoms with Crippen LogP contribution in [-0.2, 0) is 9.53 Å². The molecule has 1 aromatic heterocycles. The van der Waals surface area contributed by atoms with Crippen LogP contribution >= 0.6 is 0 Å². The zero-order valence-corrected chi connectivity index (χ0v) is 16.7. The van der Waals surface area contributed by atoms with Crippen molar-refractivity contribution in [3.8, 4) is 0 Å².